The van der Waals surface area contributed by atoms with Crippen molar-refractivity contribution in [2.45, 2.75) is 57.3 Å². The number of nitrogens with two attached hydrogens (primary N) is 1. The van der Waals surface area contributed by atoms with Gasteiger partial charge in [-0.2, -0.15) is 0 Å². The van der Waals surface area contributed by atoms with Crippen LogP contribution in [0.5, 0.6) is 5.75 Å². The molecule has 3 heteroatoms. The summed E-state index contributed by atoms with van der Waals surface area (Å²) in [6.07, 6.45) is 4.59. The molecule has 1 aromatic carbocycles. The Kier molecular flexibility index (Phi) is 4.61. The molecule has 0 saturated heterocycles. The summed E-state index contributed by atoms with van der Waals surface area (Å²) < 4.78 is 5.85. The van der Waals surface area contributed by atoms with E-state index in [1.165, 1.54) is 0 Å². The van der Waals surface area contributed by atoms with Crippen LogP contribution in [0.1, 0.15) is 50.6 Å². The summed E-state index contributed by atoms with van der Waals surface area (Å²) in [5.74, 6) is 0.827. The Labute approximate surface area is 109 Å². The van der Waals surface area contributed by atoms with Gasteiger partial charge >= 0.3 is 0 Å². The highest BCUT2D eigenvalue weighted by Gasteiger charge is 2.24. The van der Waals surface area contributed by atoms with Gasteiger partial charge in [0.05, 0.1) is 6.10 Å². The second-order valence-electron chi connectivity index (χ2n) is 5.09. The van der Waals surface area contributed by atoms with Gasteiger partial charge in [-0.3, -0.25) is 0 Å². The van der Waals surface area contributed by atoms with Gasteiger partial charge < -0.3 is 15.6 Å². The predicted molar refractivity (Wildman–Crippen MR) is 72.6 cm³/mol. The van der Waals surface area contributed by atoms with Crippen LogP contribution in [0, 0.1) is 0 Å². The fraction of sp³-hybridized carbons (Fsp3) is 0.600. The van der Waals surface area contributed by atoms with Crippen molar-refractivity contribution in [3.8, 4) is 5.75 Å². The molecule has 2 unspecified atom stereocenters. The monoisotopic (exact) mass is 249 g/mol. The highest BCUT2D eigenvalue weighted by atomic mass is 16.5. The van der Waals surface area contributed by atoms with Crippen molar-refractivity contribution < 1.29 is 9.84 Å². The summed E-state index contributed by atoms with van der Waals surface area (Å²) >= 11 is 0. The molecule has 3 nitrogen and oxygen atoms in total. The standard InChI is InChI=1S/C15H23NO2/c1-2-13(16)11-7-9-12(10-8-11)18-15-6-4-3-5-14(15)17/h7-10,13-15,17H,2-6,16H2,1H3/t13-,14?,15?/m1/s1. The molecular formula is C15H23NO2. The molecule has 1 aromatic rings. The quantitative estimate of drug-likeness (QED) is 0.862. The number of aliphatic hydroxyl groups excluding tert-OH is 1. The molecule has 0 bridgehead atoms. The molecule has 0 amide bonds. The molecule has 100 valence electrons. The third-order valence-corrected chi connectivity index (χ3v) is 3.70. The number of benzene rings is 1. The first-order valence-corrected chi connectivity index (χ1v) is 6.91. The average Bonchev–Trinajstić information content (AvgIpc) is 2.41. The van der Waals surface area contributed by atoms with E-state index >= 15 is 0 Å². The van der Waals surface area contributed by atoms with E-state index in [0.29, 0.717) is 0 Å². The van der Waals surface area contributed by atoms with Crippen molar-refractivity contribution in [3.63, 3.8) is 0 Å². The normalized spacial score (nSPS) is 25.7. The van der Waals surface area contributed by atoms with E-state index in [1.807, 2.05) is 24.3 Å². The van der Waals surface area contributed by atoms with Crippen LogP contribution in [0.4, 0.5) is 0 Å². The van der Waals surface area contributed by atoms with E-state index in [2.05, 4.69) is 6.92 Å². The third-order valence-electron chi connectivity index (χ3n) is 3.70. The number of ether oxygens (including phenoxy) is 1. The zero-order chi connectivity index (χ0) is 13.0. The molecule has 18 heavy (non-hydrogen) atoms. The Morgan fingerprint density at radius 2 is 1.94 bits per heavy atom. The van der Waals surface area contributed by atoms with Gasteiger partial charge in [0.25, 0.3) is 0 Å². The molecule has 0 aliphatic heterocycles. The van der Waals surface area contributed by atoms with Crippen LogP contribution in [0.15, 0.2) is 24.3 Å². The summed E-state index contributed by atoms with van der Waals surface area (Å²) in [6.45, 7) is 2.08. The molecule has 2 rings (SSSR count). The minimum absolute atomic E-state index is 0.0514. The molecule has 1 saturated carbocycles. The average molecular weight is 249 g/mol. The van der Waals surface area contributed by atoms with Crippen LogP contribution in [0.25, 0.3) is 0 Å². The van der Waals surface area contributed by atoms with Crippen LogP contribution in [-0.4, -0.2) is 17.3 Å². The van der Waals surface area contributed by atoms with Gasteiger partial charge in [-0.05, 0) is 43.4 Å². The first-order chi connectivity index (χ1) is 8.70. The number of rotatable bonds is 4. The largest absolute Gasteiger partial charge is 0.488 e. The highest BCUT2D eigenvalue weighted by molar-refractivity contribution is 5.29. The highest BCUT2D eigenvalue weighted by Crippen LogP contribution is 2.25. The Hall–Kier alpha value is -1.06. The summed E-state index contributed by atoms with van der Waals surface area (Å²) in [5.41, 5.74) is 7.10. The van der Waals surface area contributed by atoms with Gasteiger partial charge in [-0.25, -0.2) is 0 Å². The van der Waals surface area contributed by atoms with Gasteiger partial charge in [0.2, 0.25) is 0 Å². The molecule has 3 atom stereocenters. The molecule has 3 N–H and O–H groups in total. The summed E-state index contributed by atoms with van der Waals surface area (Å²) in [6, 6.07) is 8.02. The van der Waals surface area contributed by atoms with E-state index < -0.39 is 0 Å². The topological polar surface area (TPSA) is 55.5 Å². The Balaban J connectivity index is 1.97. The summed E-state index contributed by atoms with van der Waals surface area (Å²) in [4.78, 5) is 0. The van der Waals surface area contributed by atoms with Crippen LogP contribution in [0.2, 0.25) is 0 Å². The van der Waals surface area contributed by atoms with Gasteiger partial charge in [0.15, 0.2) is 0 Å². The number of hydrogen-bond donors (Lipinski definition) is 2. The van der Waals surface area contributed by atoms with E-state index in [4.69, 9.17) is 10.5 Å². The predicted octanol–water partition coefficient (Wildman–Crippen LogP) is 2.78. The van der Waals surface area contributed by atoms with E-state index in [1.54, 1.807) is 0 Å². The lowest BCUT2D eigenvalue weighted by atomic mass is 9.95. The Bertz CT molecular complexity index is 363. The zero-order valence-electron chi connectivity index (χ0n) is 11.0. The van der Waals surface area contributed by atoms with E-state index in [9.17, 15) is 5.11 Å². The molecule has 0 spiro atoms. The van der Waals surface area contributed by atoms with E-state index in [-0.39, 0.29) is 18.2 Å². The van der Waals surface area contributed by atoms with Crippen molar-refractivity contribution in [2.24, 2.45) is 5.73 Å². The minimum atomic E-state index is -0.323. The fourth-order valence-corrected chi connectivity index (χ4v) is 2.42. The first kappa shape index (κ1) is 13.4. The fourth-order valence-electron chi connectivity index (χ4n) is 2.42. The van der Waals surface area contributed by atoms with Crippen molar-refractivity contribution in [2.75, 3.05) is 0 Å². The van der Waals surface area contributed by atoms with Gasteiger partial charge in [0.1, 0.15) is 11.9 Å². The van der Waals surface area contributed by atoms with Crippen LogP contribution in [-0.2, 0) is 0 Å². The zero-order valence-corrected chi connectivity index (χ0v) is 11.0. The van der Waals surface area contributed by atoms with Gasteiger partial charge in [-0.15, -0.1) is 0 Å². The van der Waals surface area contributed by atoms with Crippen LogP contribution < -0.4 is 10.5 Å². The lowest BCUT2D eigenvalue weighted by molar-refractivity contribution is 0.00686. The first-order valence-electron chi connectivity index (χ1n) is 6.91. The van der Waals surface area contributed by atoms with Crippen LogP contribution >= 0.6 is 0 Å². The lowest BCUT2D eigenvalue weighted by Crippen LogP contribution is -2.34. The van der Waals surface area contributed by atoms with Crippen molar-refractivity contribution in [1.82, 2.24) is 0 Å². The molecule has 1 fully saturated rings. The maximum atomic E-state index is 9.87. The molecule has 1 aliphatic carbocycles. The van der Waals surface area contributed by atoms with Crippen molar-refractivity contribution >= 4 is 0 Å². The SMILES string of the molecule is CC[C@@H](N)c1ccc(OC2CCCCC2O)cc1. The summed E-state index contributed by atoms with van der Waals surface area (Å²) in [5, 5.41) is 9.87. The lowest BCUT2D eigenvalue weighted by Gasteiger charge is -2.28. The second kappa shape index (κ2) is 6.21. The molecule has 0 heterocycles. The molecule has 0 radical (unpaired) electrons. The summed E-state index contributed by atoms with van der Waals surface area (Å²) in [7, 11) is 0. The van der Waals surface area contributed by atoms with Crippen molar-refractivity contribution in [3.05, 3.63) is 29.8 Å². The van der Waals surface area contributed by atoms with E-state index in [0.717, 1.165) is 43.4 Å². The Morgan fingerprint density at radius 3 is 2.56 bits per heavy atom. The second-order valence-corrected chi connectivity index (χ2v) is 5.09. The molecular weight excluding hydrogens is 226 g/mol. The third kappa shape index (κ3) is 3.24. The Morgan fingerprint density at radius 1 is 1.28 bits per heavy atom. The van der Waals surface area contributed by atoms with Crippen LogP contribution in [0.3, 0.4) is 0 Å². The van der Waals surface area contributed by atoms with Crippen molar-refractivity contribution in [1.29, 1.82) is 0 Å². The maximum absolute atomic E-state index is 9.87. The number of hydrogen-bond acceptors (Lipinski definition) is 3. The minimum Gasteiger partial charge on any atom is -0.488 e. The molecule has 0 aromatic heterocycles. The maximum Gasteiger partial charge on any atom is 0.124 e. The number of aliphatic hydroxyl groups is 1. The van der Waals surface area contributed by atoms with Gasteiger partial charge in [-0.1, -0.05) is 25.5 Å². The van der Waals surface area contributed by atoms with Gasteiger partial charge in [0, 0.05) is 6.04 Å². The molecule has 1 aliphatic rings. The smallest absolute Gasteiger partial charge is 0.124 e.